The van der Waals surface area contributed by atoms with Crippen LogP contribution in [0.2, 0.25) is 0 Å². The first-order valence-corrected chi connectivity index (χ1v) is 11.5. The Bertz CT molecular complexity index is 1440. The third-order valence-corrected chi connectivity index (χ3v) is 6.19. The molecule has 13 nitrogen and oxygen atoms in total. The summed E-state index contributed by atoms with van der Waals surface area (Å²) in [5.74, 6) is 0.711. The quantitative estimate of drug-likeness (QED) is 0.276. The van der Waals surface area contributed by atoms with E-state index >= 15 is 0 Å². The number of hydrogen-bond donors (Lipinski definition) is 4. The number of imidazole rings is 1. The van der Waals surface area contributed by atoms with Crippen LogP contribution < -0.4 is 15.4 Å². The van der Waals surface area contributed by atoms with Gasteiger partial charge < -0.3 is 30.3 Å². The molecule has 37 heavy (non-hydrogen) atoms. The highest BCUT2D eigenvalue weighted by molar-refractivity contribution is 5.85. The zero-order valence-electron chi connectivity index (χ0n) is 20.4. The van der Waals surface area contributed by atoms with Gasteiger partial charge in [0.05, 0.1) is 31.9 Å². The number of aliphatic hydroxyl groups excluding tert-OH is 2. The van der Waals surface area contributed by atoms with Gasteiger partial charge in [0, 0.05) is 25.0 Å². The number of carbonyl (C=O) groups is 1. The van der Waals surface area contributed by atoms with Gasteiger partial charge in [-0.25, -0.2) is 15.0 Å². The molecule has 4 aromatic heterocycles. The maximum atomic E-state index is 12.2. The van der Waals surface area contributed by atoms with E-state index in [1.807, 2.05) is 19.1 Å². The molecular weight excluding hydrogens is 480 g/mol. The van der Waals surface area contributed by atoms with Crippen molar-refractivity contribution in [3.63, 3.8) is 0 Å². The summed E-state index contributed by atoms with van der Waals surface area (Å²) < 4.78 is 12.5. The molecule has 0 aromatic carbocycles. The molecule has 1 amide bonds. The van der Waals surface area contributed by atoms with Crippen LogP contribution in [0.4, 0.5) is 5.82 Å². The fourth-order valence-corrected chi connectivity index (χ4v) is 4.13. The van der Waals surface area contributed by atoms with E-state index in [9.17, 15) is 15.0 Å². The van der Waals surface area contributed by atoms with Crippen molar-refractivity contribution in [2.75, 3.05) is 19.5 Å². The lowest BCUT2D eigenvalue weighted by atomic mass is 10.1. The van der Waals surface area contributed by atoms with E-state index in [4.69, 9.17) is 9.47 Å². The molecular formula is C24H26N8O5. The maximum Gasteiger partial charge on any atom is 0.251 e. The standard InChI is InChI=1S/C24H26N8O5/c1-12-5-4-6-27-15(12)10-28-21-16-22(31-20(30-21)13-7-14(36-3)9-26-8-13)32(11-29-16)24-18(34)17(33)19(37-24)23(35)25-2/h4-9,11,17-19,24,33-34H,10H2,1-3H3,(H,25,35)(H,28,30,31)/t17-,18+,19-,24+/m0/s1. The number of fused-ring (bicyclic) bond motifs is 1. The van der Waals surface area contributed by atoms with Gasteiger partial charge in [0.2, 0.25) is 0 Å². The Morgan fingerprint density at radius 3 is 2.81 bits per heavy atom. The van der Waals surface area contributed by atoms with Crippen LogP contribution in [-0.4, -0.2) is 78.1 Å². The number of hydrogen-bond acceptors (Lipinski definition) is 11. The van der Waals surface area contributed by atoms with Crippen molar-refractivity contribution in [1.29, 1.82) is 0 Å². The van der Waals surface area contributed by atoms with E-state index in [0.717, 1.165) is 11.3 Å². The molecule has 1 aliphatic heterocycles. The molecule has 0 bridgehead atoms. The Morgan fingerprint density at radius 2 is 2.05 bits per heavy atom. The van der Waals surface area contributed by atoms with Crippen LogP contribution in [-0.2, 0) is 16.1 Å². The Balaban J connectivity index is 1.59. The van der Waals surface area contributed by atoms with E-state index in [0.29, 0.717) is 40.7 Å². The second kappa shape index (κ2) is 10.0. The molecule has 5 rings (SSSR count). The number of ether oxygens (including phenoxy) is 2. The van der Waals surface area contributed by atoms with Gasteiger partial charge in [-0.05, 0) is 24.6 Å². The molecule has 0 radical (unpaired) electrons. The van der Waals surface area contributed by atoms with E-state index in [2.05, 4.69) is 35.6 Å². The molecule has 1 aliphatic rings. The summed E-state index contributed by atoms with van der Waals surface area (Å²) in [6.45, 7) is 2.34. The van der Waals surface area contributed by atoms with Gasteiger partial charge in [-0.2, -0.15) is 0 Å². The molecule has 5 heterocycles. The van der Waals surface area contributed by atoms with Gasteiger partial charge in [0.15, 0.2) is 35.1 Å². The van der Waals surface area contributed by atoms with Crippen LogP contribution in [0.5, 0.6) is 5.75 Å². The van der Waals surface area contributed by atoms with Gasteiger partial charge >= 0.3 is 0 Å². The number of aliphatic hydroxyl groups is 2. The topological polar surface area (TPSA) is 169 Å². The predicted molar refractivity (Wildman–Crippen MR) is 131 cm³/mol. The number of amides is 1. The molecule has 4 atom stereocenters. The minimum absolute atomic E-state index is 0.316. The molecule has 1 saturated heterocycles. The Labute approximate surface area is 211 Å². The van der Waals surface area contributed by atoms with Crippen molar-refractivity contribution >= 4 is 22.9 Å². The number of aromatic nitrogens is 6. The lowest BCUT2D eigenvalue weighted by Gasteiger charge is -2.17. The third kappa shape index (κ3) is 4.55. The van der Waals surface area contributed by atoms with E-state index in [1.165, 1.54) is 25.1 Å². The first kappa shape index (κ1) is 24.5. The predicted octanol–water partition coefficient (Wildman–Crippen LogP) is 0.578. The summed E-state index contributed by atoms with van der Waals surface area (Å²) in [6.07, 6.45) is 1.11. The minimum Gasteiger partial charge on any atom is -0.495 e. The van der Waals surface area contributed by atoms with E-state index in [-0.39, 0.29) is 0 Å². The lowest BCUT2D eigenvalue weighted by Crippen LogP contribution is -2.41. The van der Waals surface area contributed by atoms with Crippen molar-refractivity contribution in [2.45, 2.75) is 38.0 Å². The third-order valence-electron chi connectivity index (χ3n) is 6.19. The van der Waals surface area contributed by atoms with Crippen LogP contribution in [0, 0.1) is 6.92 Å². The maximum absolute atomic E-state index is 12.2. The lowest BCUT2D eigenvalue weighted by molar-refractivity contribution is -0.137. The highest BCUT2D eigenvalue weighted by Gasteiger charge is 2.47. The van der Waals surface area contributed by atoms with Crippen LogP contribution in [0.3, 0.4) is 0 Å². The number of aryl methyl sites for hydroxylation is 1. The van der Waals surface area contributed by atoms with Gasteiger partial charge in [-0.15, -0.1) is 0 Å². The molecule has 1 fully saturated rings. The number of pyridine rings is 2. The van der Waals surface area contributed by atoms with Crippen molar-refractivity contribution in [3.05, 3.63) is 54.4 Å². The summed E-state index contributed by atoms with van der Waals surface area (Å²) in [6, 6.07) is 5.58. The van der Waals surface area contributed by atoms with Crippen LogP contribution in [0.25, 0.3) is 22.6 Å². The van der Waals surface area contributed by atoms with E-state index in [1.54, 1.807) is 24.7 Å². The second-order valence-corrected chi connectivity index (χ2v) is 8.50. The Kier molecular flexibility index (Phi) is 6.65. The fourth-order valence-electron chi connectivity index (χ4n) is 4.13. The number of methoxy groups -OCH3 is 1. The zero-order valence-corrected chi connectivity index (χ0v) is 20.4. The zero-order chi connectivity index (χ0) is 26.1. The first-order chi connectivity index (χ1) is 17.9. The van der Waals surface area contributed by atoms with Gasteiger partial charge in [-0.3, -0.25) is 19.3 Å². The molecule has 0 aliphatic carbocycles. The molecule has 0 unspecified atom stereocenters. The van der Waals surface area contributed by atoms with E-state index < -0.39 is 30.4 Å². The number of rotatable bonds is 7. The Hall–Kier alpha value is -4.20. The molecule has 4 N–H and O–H groups in total. The summed E-state index contributed by atoms with van der Waals surface area (Å²) in [7, 11) is 2.96. The van der Waals surface area contributed by atoms with Crippen LogP contribution in [0.1, 0.15) is 17.5 Å². The van der Waals surface area contributed by atoms with Crippen molar-refractivity contribution in [2.24, 2.45) is 0 Å². The highest BCUT2D eigenvalue weighted by atomic mass is 16.6. The van der Waals surface area contributed by atoms with Gasteiger partial charge in [0.1, 0.15) is 18.0 Å². The average Bonchev–Trinajstić information content (AvgIpc) is 3.48. The first-order valence-electron chi connectivity index (χ1n) is 11.5. The molecule has 0 spiro atoms. The molecule has 4 aromatic rings. The number of nitrogens with one attached hydrogen (secondary N) is 2. The summed E-state index contributed by atoms with van der Waals surface area (Å²) in [5, 5.41) is 26.9. The number of carbonyl (C=O) groups excluding carboxylic acids is 1. The fraction of sp³-hybridized carbons (Fsp3) is 0.333. The van der Waals surface area contributed by atoms with Crippen LogP contribution >= 0.6 is 0 Å². The largest absolute Gasteiger partial charge is 0.495 e. The Morgan fingerprint density at radius 1 is 1.22 bits per heavy atom. The summed E-state index contributed by atoms with van der Waals surface area (Å²) >= 11 is 0. The van der Waals surface area contributed by atoms with Crippen LogP contribution in [0.15, 0.2) is 43.1 Å². The van der Waals surface area contributed by atoms with Crippen molar-refractivity contribution in [3.8, 4) is 17.1 Å². The minimum atomic E-state index is -1.43. The second-order valence-electron chi connectivity index (χ2n) is 8.50. The summed E-state index contributed by atoms with van der Waals surface area (Å²) in [5.41, 5.74) is 3.16. The molecule has 192 valence electrons. The van der Waals surface area contributed by atoms with Gasteiger partial charge in [-0.1, -0.05) is 6.07 Å². The average molecular weight is 507 g/mol. The number of likely N-dealkylation sites (N-methyl/N-ethyl adjacent to an activating group) is 1. The molecule has 13 heteroatoms. The van der Waals surface area contributed by atoms with Gasteiger partial charge in [0.25, 0.3) is 5.91 Å². The number of anilines is 1. The number of nitrogens with zero attached hydrogens (tertiary/aromatic N) is 6. The normalized spacial score (nSPS) is 21.2. The summed E-state index contributed by atoms with van der Waals surface area (Å²) in [4.78, 5) is 34.6. The SMILES string of the molecule is CNC(=O)[C@H]1O[C@@H](n2cnc3c(NCc4ncccc4C)nc(-c4cncc(OC)c4)nc32)[C@H](O)[C@@H]1O. The molecule has 0 saturated carbocycles. The van der Waals surface area contributed by atoms with Crippen molar-refractivity contribution < 1.29 is 24.5 Å². The monoisotopic (exact) mass is 506 g/mol. The highest BCUT2D eigenvalue weighted by Crippen LogP contribution is 2.34. The smallest absolute Gasteiger partial charge is 0.251 e. The van der Waals surface area contributed by atoms with Crippen molar-refractivity contribution in [1.82, 2.24) is 34.8 Å².